The summed E-state index contributed by atoms with van der Waals surface area (Å²) in [5.41, 5.74) is 3.98. The normalized spacial score (nSPS) is 19.9. The van der Waals surface area contributed by atoms with Crippen LogP contribution in [0.5, 0.6) is 0 Å². The van der Waals surface area contributed by atoms with Gasteiger partial charge in [-0.05, 0) is 51.1 Å². The van der Waals surface area contributed by atoms with Gasteiger partial charge in [-0.2, -0.15) is 0 Å². The van der Waals surface area contributed by atoms with Gasteiger partial charge in [-0.3, -0.25) is 9.36 Å². The van der Waals surface area contributed by atoms with E-state index in [9.17, 15) is 4.79 Å². The molecule has 1 aliphatic heterocycles. The Labute approximate surface area is 289 Å². The lowest BCUT2D eigenvalue weighted by Crippen LogP contribution is -2.39. The summed E-state index contributed by atoms with van der Waals surface area (Å²) in [6.07, 6.45) is 4.42. The summed E-state index contributed by atoms with van der Waals surface area (Å²) < 4.78 is 21.1. The van der Waals surface area contributed by atoms with Crippen LogP contribution in [0.15, 0.2) is 146 Å². The average molecular weight is 664 g/mol. The second kappa shape index (κ2) is 13.9. The fourth-order valence-electron chi connectivity index (χ4n) is 8.17. The minimum Gasteiger partial charge on any atom is -0.294 e. The molecule has 5 nitrogen and oxygen atoms in total. The van der Waals surface area contributed by atoms with Gasteiger partial charge in [0.2, 0.25) is 0 Å². The van der Waals surface area contributed by atoms with E-state index in [1.165, 1.54) is 32.7 Å². The maximum atomic E-state index is 16.5. The fraction of sp³-hybridized carbons (Fsp3) is 0.233. The Kier molecular flexibility index (Phi) is 9.01. The quantitative estimate of drug-likeness (QED) is 0.117. The number of fused-ring (bicyclic) bond motifs is 3. The predicted molar refractivity (Wildman–Crippen MR) is 200 cm³/mol. The molecule has 1 aliphatic carbocycles. The minimum absolute atomic E-state index is 0.0337. The van der Waals surface area contributed by atoms with Crippen molar-refractivity contribution in [1.82, 2.24) is 14.4 Å². The van der Waals surface area contributed by atoms with E-state index in [-0.39, 0.29) is 24.3 Å². The highest BCUT2D eigenvalue weighted by molar-refractivity contribution is 7.57. The third-order valence-corrected chi connectivity index (χ3v) is 13.5. The van der Waals surface area contributed by atoms with Crippen LogP contribution in [0.1, 0.15) is 65.2 Å². The molecule has 6 heteroatoms. The van der Waals surface area contributed by atoms with Gasteiger partial charge in [-0.25, -0.2) is 14.4 Å². The molecule has 8 rings (SSSR count). The molecule has 1 saturated heterocycles. The molecule has 0 aromatic heterocycles. The first-order chi connectivity index (χ1) is 24.1. The summed E-state index contributed by atoms with van der Waals surface area (Å²) >= 11 is 0. The zero-order valence-corrected chi connectivity index (χ0v) is 28.6. The highest BCUT2D eigenvalue weighted by atomic mass is 31.2. The number of nitrogens with one attached hydrogen (secondary N) is 1. The first-order valence-corrected chi connectivity index (χ1v) is 19.2. The summed E-state index contributed by atoms with van der Waals surface area (Å²) in [4.78, 5) is 13.8. The standard InChI is InChI=1S/C43H42N3O2P/c47-43(35-19-5-2-6-20-35)29-40(34-17-3-1-4-18-34)44-49(48)45(30-36-23-13-21-32-15-7-9-25-38(32)36)41-27-11-12-28-42(41)46(49)31-37-24-14-22-33-16-8-10-26-39(33)37/h1-10,13-26,40-42H,11-12,27-31H2,(H,44,48)/t40-,41-,42-/m1/s1. The molecular formula is C43H42N3O2P. The number of carbonyl (C=O) groups is 1. The van der Waals surface area contributed by atoms with Crippen LogP contribution in [-0.4, -0.2) is 27.2 Å². The Bertz CT molecular complexity index is 2020. The van der Waals surface area contributed by atoms with Crippen LogP contribution in [0.4, 0.5) is 0 Å². The first kappa shape index (κ1) is 31.9. The van der Waals surface area contributed by atoms with Gasteiger partial charge in [-0.15, -0.1) is 0 Å². The number of Topliss-reactive ketones (excluding diaryl/α,β-unsaturated/α-hetero) is 1. The third kappa shape index (κ3) is 6.29. The van der Waals surface area contributed by atoms with Crippen molar-refractivity contribution in [3.05, 3.63) is 168 Å². The summed E-state index contributed by atoms with van der Waals surface area (Å²) in [5.74, 6) is 0.0337. The van der Waals surface area contributed by atoms with Crippen LogP contribution in [-0.2, 0) is 17.7 Å². The van der Waals surface area contributed by atoms with Crippen molar-refractivity contribution in [3.63, 3.8) is 0 Å². The van der Waals surface area contributed by atoms with Crippen LogP contribution >= 0.6 is 7.59 Å². The van der Waals surface area contributed by atoms with Crippen LogP contribution < -0.4 is 5.09 Å². The van der Waals surface area contributed by atoms with E-state index in [2.05, 4.69) is 111 Å². The van der Waals surface area contributed by atoms with Gasteiger partial charge in [0.1, 0.15) is 0 Å². The van der Waals surface area contributed by atoms with Crippen molar-refractivity contribution in [1.29, 1.82) is 0 Å². The molecule has 6 aromatic rings. The second-order valence-corrected chi connectivity index (χ2v) is 15.9. The molecular weight excluding hydrogens is 621 g/mol. The molecule has 0 unspecified atom stereocenters. The molecule has 246 valence electrons. The van der Waals surface area contributed by atoms with Crippen molar-refractivity contribution >= 4 is 34.9 Å². The zero-order chi connectivity index (χ0) is 33.2. The van der Waals surface area contributed by atoms with Crippen molar-refractivity contribution in [3.8, 4) is 0 Å². The Morgan fingerprint density at radius 2 is 1.08 bits per heavy atom. The summed E-state index contributed by atoms with van der Waals surface area (Å²) in [5, 5.41) is 8.54. The number of nitrogens with zero attached hydrogens (tertiary/aromatic N) is 2. The maximum Gasteiger partial charge on any atom is 0.286 e. The average Bonchev–Trinajstić information content (AvgIpc) is 3.38. The monoisotopic (exact) mass is 663 g/mol. The van der Waals surface area contributed by atoms with Gasteiger partial charge in [0.15, 0.2) is 5.78 Å². The Morgan fingerprint density at radius 1 is 0.612 bits per heavy atom. The van der Waals surface area contributed by atoms with E-state index in [4.69, 9.17) is 0 Å². The number of benzene rings is 6. The van der Waals surface area contributed by atoms with Gasteiger partial charge in [-0.1, -0.05) is 158 Å². The van der Waals surface area contributed by atoms with E-state index in [1.807, 2.05) is 48.5 Å². The topological polar surface area (TPSA) is 52.7 Å². The molecule has 6 aromatic carbocycles. The lowest BCUT2D eigenvalue weighted by molar-refractivity contribution is 0.0971. The molecule has 0 radical (unpaired) electrons. The van der Waals surface area contributed by atoms with Gasteiger partial charge < -0.3 is 0 Å². The first-order valence-electron chi connectivity index (χ1n) is 17.6. The summed E-state index contributed by atoms with van der Waals surface area (Å²) in [7, 11) is -3.49. The number of hydrogen-bond donors (Lipinski definition) is 1. The van der Waals surface area contributed by atoms with Crippen molar-refractivity contribution in [2.24, 2.45) is 0 Å². The minimum atomic E-state index is -3.49. The van der Waals surface area contributed by atoms with E-state index >= 15 is 4.57 Å². The summed E-state index contributed by atoms with van der Waals surface area (Å²) in [6, 6.07) is 49.3. The Balaban J connectivity index is 1.25. The van der Waals surface area contributed by atoms with Crippen LogP contribution in [0, 0.1) is 0 Å². The van der Waals surface area contributed by atoms with Crippen LogP contribution in [0.25, 0.3) is 21.5 Å². The van der Waals surface area contributed by atoms with E-state index in [0.29, 0.717) is 18.7 Å². The molecule has 1 saturated carbocycles. The predicted octanol–water partition coefficient (Wildman–Crippen LogP) is 10.3. The lowest BCUT2D eigenvalue weighted by Gasteiger charge is -2.36. The Morgan fingerprint density at radius 3 is 1.63 bits per heavy atom. The molecule has 2 fully saturated rings. The SMILES string of the molecule is O=C(C[C@@H](NP1(=O)N(Cc2cccc3ccccc23)[C@@H]2CCCC[C@H]2N1Cc1cccc2ccccc12)c1ccccc1)c1ccccc1. The number of rotatable bonds is 10. The van der Waals surface area contributed by atoms with Gasteiger partial charge >= 0.3 is 0 Å². The van der Waals surface area contributed by atoms with Gasteiger partial charge in [0, 0.05) is 43.2 Å². The van der Waals surface area contributed by atoms with Gasteiger partial charge in [0.25, 0.3) is 7.59 Å². The molecule has 0 spiro atoms. The molecule has 1 N–H and O–H groups in total. The highest BCUT2D eigenvalue weighted by Crippen LogP contribution is 2.63. The van der Waals surface area contributed by atoms with Crippen molar-refractivity contribution < 1.29 is 9.36 Å². The van der Waals surface area contributed by atoms with Crippen molar-refractivity contribution in [2.45, 2.75) is 63.3 Å². The smallest absolute Gasteiger partial charge is 0.286 e. The van der Waals surface area contributed by atoms with Crippen LogP contribution in [0.3, 0.4) is 0 Å². The van der Waals surface area contributed by atoms with Gasteiger partial charge in [0.05, 0.1) is 0 Å². The second-order valence-electron chi connectivity index (χ2n) is 13.5. The number of carbonyl (C=O) groups excluding carboxylic acids is 1. The molecule has 3 atom stereocenters. The molecule has 2 aliphatic rings. The summed E-state index contributed by atoms with van der Waals surface area (Å²) in [6.45, 7) is 1.12. The molecule has 49 heavy (non-hydrogen) atoms. The molecule has 0 amide bonds. The van der Waals surface area contributed by atoms with E-state index in [1.54, 1.807) is 0 Å². The van der Waals surface area contributed by atoms with E-state index in [0.717, 1.165) is 31.2 Å². The largest absolute Gasteiger partial charge is 0.294 e. The van der Waals surface area contributed by atoms with Crippen molar-refractivity contribution in [2.75, 3.05) is 0 Å². The Hall–Kier alpha value is -4.38. The maximum absolute atomic E-state index is 16.5. The lowest BCUT2D eigenvalue weighted by atomic mass is 9.89. The fourth-order valence-corrected chi connectivity index (χ4v) is 11.4. The van der Waals surface area contributed by atoms with E-state index < -0.39 is 13.6 Å². The highest BCUT2D eigenvalue weighted by Gasteiger charge is 2.56. The van der Waals surface area contributed by atoms with Crippen LogP contribution in [0.2, 0.25) is 0 Å². The zero-order valence-electron chi connectivity index (χ0n) is 27.7. The third-order valence-electron chi connectivity index (χ3n) is 10.6. The molecule has 1 heterocycles. The number of hydrogen-bond acceptors (Lipinski definition) is 2. The molecule has 0 bridgehead atoms. The number of ketones is 1.